The number of nitrogens with one attached hydrogen (secondary N) is 3. The topological polar surface area (TPSA) is 88.7 Å². The van der Waals surface area contributed by atoms with Crippen LogP contribution < -0.4 is 25.4 Å². The second-order valence-corrected chi connectivity index (χ2v) is 6.73. The molecule has 1 aliphatic rings. The normalized spacial score (nSPS) is 14.4. The number of hydrogen-bond acceptors (Lipinski definition) is 5. The third-order valence-corrected chi connectivity index (χ3v) is 4.76. The molecule has 2 amide bonds. The SMILES string of the molecule is CNC(=O)COc1ccc(C(=O)NCCNC2CCCCCC2)cc1OC.Cl. The molecule has 0 aliphatic heterocycles. The Morgan fingerprint density at radius 3 is 2.43 bits per heavy atom. The summed E-state index contributed by atoms with van der Waals surface area (Å²) in [5, 5.41) is 8.94. The van der Waals surface area contributed by atoms with Crippen LogP contribution in [0.3, 0.4) is 0 Å². The third-order valence-electron chi connectivity index (χ3n) is 4.76. The van der Waals surface area contributed by atoms with Crippen LogP contribution in [0.15, 0.2) is 18.2 Å². The van der Waals surface area contributed by atoms with Crippen LogP contribution in [-0.4, -0.2) is 51.7 Å². The maximum atomic E-state index is 12.3. The van der Waals surface area contributed by atoms with Crippen LogP contribution in [0.2, 0.25) is 0 Å². The number of benzene rings is 1. The molecule has 0 unspecified atom stereocenters. The van der Waals surface area contributed by atoms with Gasteiger partial charge in [0.05, 0.1) is 7.11 Å². The number of carbonyl (C=O) groups is 2. The van der Waals surface area contributed by atoms with E-state index in [0.717, 1.165) is 6.54 Å². The summed E-state index contributed by atoms with van der Waals surface area (Å²) in [6.45, 7) is 1.23. The number of amides is 2. The molecule has 2 rings (SSSR count). The van der Waals surface area contributed by atoms with Crippen molar-refractivity contribution in [2.45, 2.75) is 44.6 Å². The van der Waals surface area contributed by atoms with Gasteiger partial charge in [-0.2, -0.15) is 0 Å². The fourth-order valence-electron chi connectivity index (χ4n) is 3.18. The van der Waals surface area contributed by atoms with Crippen LogP contribution in [-0.2, 0) is 4.79 Å². The fourth-order valence-corrected chi connectivity index (χ4v) is 3.18. The quantitative estimate of drug-likeness (QED) is 0.427. The minimum absolute atomic E-state index is 0. The number of carbonyl (C=O) groups excluding carboxylic acids is 2. The molecule has 0 aromatic heterocycles. The minimum atomic E-state index is -0.236. The van der Waals surface area contributed by atoms with Crippen LogP contribution in [0, 0.1) is 0 Å². The van der Waals surface area contributed by atoms with E-state index in [0.29, 0.717) is 29.6 Å². The maximum absolute atomic E-state index is 12.3. The largest absolute Gasteiger partial charge is 0.493 e. The van der Waals surface area contributed by atoms with E-state index in [1.807, 2.05) is 0 Å². The molecule has 1 aliphatic carbocycles. The predicted molar refractivity (Wildman–Crippen MR) is 112 cm³/mol. The standard InChI is InChI=1S/C20H31N3O4.ClH/c1-21-19(24)14-27-17-10-9-15(13-18(17)26-2)20(25)23-12-11-22-16-7-5-3-4-6-8-16;/h9-10,13,16,22H,3-8,11-12,14H2,1-2H3,(H,21,24)(H,23,25);1H. The molecule has 7 nitrogen and oxygen atoms in total. The molecule has 0 atom stereocenters. The molecule has 8 heteroatoms. The lowest BCUT2D eigenvalue weighted by Gasteiger charge is -2.16. The second-order valence-electron chi connectivity index (χ2n) is 6.73. The molecular formula is C20H32ClN3O4. The predicted octanol–water partition coefficient (Wildman–Crippen LogP) is 2.28. The van der Waals surface area contributed by atoms with Gasteiger partial charge in [0, 0.05) is 31.7 Å². The molecule has 0 radical (unpaired) electrons. The number of ether oxygens (including phenoxy) is 2. The average molecular weight is 414 g/mol. The van der Waals surface area contributed by atoms with Gasteiger partial charge in [-0.05, 0) is 31.0 Å². The summed E-state index contributed by atoms with van der Waals surface area (Å²) in [6.07, 6.45) is 7.70. The number of methoxy groups -OCH3 is 1. The Balaban J connectivity index is 0.00000392. The van der Waals surface area contributed by atoms with Crippen molar-refractivity contribution in [2.24, 2.45) is 0 Å². The Kier molecular flexibility index (Phi) is 11.4. The van der Waals surface area contributed by atoms with Gasteiger partial charge in [0.1, 0.15) is 0 Å². The van der Waals surface area contributed by atoms with Gasteiger partial charge in [-0.3, -0.25) is 9.59 Å². The molecule has 1 fully saturated rings. The van der Waals surface area contributed by atoms with Crippen LogP contribution >= 0.6 is 12.4 Å². The molecule has 0 heterocycles. The van der Waals surface area contributed by atoms with E-state index >= 15 is 0 Å². The first kappa shape index (κ1) is 24.0. The van der Waals surface area contributed by atoms with Crippen LogP contribution in [0.25, 0.3) is 0 Å². The lowest BCUT2D eigenvalue weighted by atomic mass is 10.1. The Morgan fingerprint density at radius 1 is 1.07 bits per heavy atom. The molecule has 28 heavy (non-hydrogen) atoms. The van der Waals surface area contributed by atoms with Gasteiger partial charge in [0.2, 0.25) is 0 Å². The van der Waals surface area contributed by atoms with Gasteiger partial charge in [-0.1, -0.05) is 25.7 Å². The first-order valence-electron chi connectivity index (χ1n) is 9.67. The summed E-state index contributed by atoms with van der Waals surface area (Å²) in [7, 11) is 3.04. The monoisotopic (exact) mass is 413 g/mol. The smallest absolute Gasteiger partial charge is 0.257 e. The van der Waals surface area contributed by atoms with Crippen molar-refractivity contribution in [3.05, 3.63) is 23.8 Å². The van der Waals surface area contributed by atoms with Crippen LogP contribution in [0.5, 0.6) is 11.5 Å². The zero-order chi connectivity index (χ0) is 19.5. The van der Waals surface area contributed by atoms with E-state index in [4.69, 9.17) is 9.47 Å². The average Bonchev–Trinajstić information content (AvgIpc) is 2.97. The molecule has 0 saturated heterocycles. The highest BCUT2D eigenvalue weighted by atomic mass is 35.5. The summed E-state index contributed by atoms with van der Waals surface area (Å²) in [5.74, 6) is 0.449. The molecule has 158 valence electrons. The molecule has 0 bridgehead atoms. The van der Waals surface area contributed by atoms with Crippen molar-refractivity contribution in [1.82, 2.24) is 16.0 Å². The Bertz CT molecular complexity index is 619. The molecular weight excluding hydrogens is 382 g/mol. The fraction of sp³-hybridized carbons (Fsp3) is 0.600. The lowest BCUT2D eigenvalue weighted by molar-refractivity contribution is -0.122. The number of halogens is 1. The van der Waals surface area contributed by atoms with E-state index in [9.17, 15) is 9.59 Å². The van der Waals surface area contributed by atoms with Gasteiger partial charge in [0.25, 0.3) is 11.8 Å². The summed E-state index contributed by atoms with van der Waals surface area (Å²) < 4.78 is 10.7. The van der Waals surface area contributed by atoms with Gasteiger partial charge in [-0.25, -0.2) is 0 Å². The van der Waals surface area contributed by atoms with E-state index in [-0.39, 0.29) is 30.8 Å². The highest BCUT2D eigenvalue weighted by Crippen LogP contribution is 2.28. The van der Waals surface area contributed by atoms with Gasteiger partial charge in [0.15, 0.2) is 18.1 Å². The van der Waals surface area contributed by atoms with Crippen molar-refractivity contribution < 1.29 is 19.1 Å². The Hall–Kier alpha value is -1.99. The number of hydrogen-bond donors (Lipinski definition) is 3. The molecule has 3 N–H and O–H groups in total. The third kappa shape index (κ3) is 7.94. The second kappa shape index (κ2) is 13.2. The zero-order valence-electron chi connectivity index (χ0n) is 16.7. The zero-order valence-corrected chi connectivity index (χ0v) is 17.5. The summed E-state index contributed by atoms with van der Waals surface area (Å²) in [6, 6.07) is 5.49. The van der Waals surface area contributed by atoms with Crippen molar-refractivity contribution in [3.8, 4) is 11.5 Å². The lowest BCUT2D eigenvalue weighted by Crippen LogP contribution is -2.36. The molecule has 0 spiro atoms. The van der Waals surface area contributed by atoms with Crippen LogP contribution in [0.1, 0.15) is 48.9 Å². The van der Waals surface area contributed by atoms with E-state index in [2.05, 4.69) is 16.0 Å². The summed E-state index contributed by atoms with van der Waals surface area (Å²) in [4.78, 5) is 23.6. The van der Waals surface area contributed by atoms with Crippen LogP contribution in [0.4, 0.5) is 0 Å². The van der Waals surface area contributed by atoms with Crippen molar-refractivity contribution in [2.75, 3.05) is 33.9 Å². The summed E-state index contributed by atoms with van der Waals surface area (Å²) >= 11 is 0. The minimum Gasteiger partial charge on any atom is -0.493 e. The molecule has 1 aromatic carbocycles. The van der Waals surface area contributed by atoms with Gasteiger partial charge >= 0.3 is 0 Å². The first-order chi connectivity index (χ1) is 13.1. The highest BCUT2D eigenvalue weighted by molar-refractivity contribution is 5.94. The molecule has 1 saturated carbocycles. The van der Waals surface area contributed by atoms with Crippen molar-refractivity contribution in [3.63, 3.8) is 0 Å². The van der Waals surface area contributed by atoms with Gasteiger partial charge in [-0.15, -0.1) is 12.4 Å². The summed E-state index contributed by atoms with van der Waals surface area (Å²) in [5.41, 5.74) is 0.494. The van der Waals surface area contributed by atoms with Gasteiger partial charge < -0.3 is 25.4 Å². The molecule has 1 aromatic rings. The van der Waals surface area contributed by atoms with E-state index < -0.39 is 0 Å². The van der Waals surface area contributed by atoms with E-state index in [1.165, 1.54) is 45.6 Å². The Morgan fingerprint density at radius 2 is 1.79 bits per heavy atom. The number of rotatable bonds is 9. The number of likely N-dealkylation sites (N-methyl/N-ethyl adjacent to an activating group) is 1. The van der Waals surface area contributed by atoms with E-state index in [1.54, 1.807) is 25.2 Å². The van der Waals surface area contributed by atoms with Crippen molar-refractivity contribution >= 4 is 24.2 Å². The van der Waals surface area contributed by atoms with Crippen molar-refractivity contribution in [1.29, 1.82) is 0 Å². The highest BCUT2D eigenvalue weighted by Gasteiger charge is 2.13. The maximum Gasteiger partial charge on any atom is 0.257 e. The first-order valence-corrected chi connectivity index (χ1v) is 9.67. The Labute approximate surface area is 173 Å².